The summed E-state index contributed by atoms with van der Waals surface area (Å²) in [6, 6.07) is 21.2. The summed E-state index contributed by atoms with van der Waals surface area (Å²) in [5.41, 5.74) is 2.87. The highest BCUT2D eigenvalue weighted by Gasteiger charge is 2.02. The highest BCUT2D eigenvalue weighted by Crippen LogP contribution is 2.16. The molecule has 0 bridgehead atoms. The molecule has 0 aliphatic rings. The SMILES string of the molecule is O=C(/C=C/c1ccc(Cl)cc1)Nc1cccc(NC(=O)/C=C/c2ccc(Cl)cc2)c1. The zero-order chi connectivity index (χ0) is 21.3. The minimum atomic E-state index is -0.281. The Morgan fingerprint density at radius 1 is 0.633 bits per heavy atom. The zero-order valence-corrected chi connectivity index (χ0v) is 17.3. The first kappa shape index (κ1) is 21.4. The van der Waals surface area contributed by atoms with Crippen molar-refractivity contribution in [1.29, 1.82) is 0 Å². The van der Waals surface area contributed by atoms with Gasteiger partial charge < -0.3 is 10.6 Å². The number of carbonyl (C=O) groups is 2. The van der Waals surface area contributed by atoms with Gasteiger partial charge in [-0.15, -0.1) is 0 Å². The van der Waals surface area contributed by atoms with Crippen molar-refractivity contribution in [3.63, 3.8) is 0 Å². The van der Waals surface area contributed by atoms with Gasteiger partial charge in [-0.25, -0.2) is 0 Å². The lowest BCUT2D eigenvalue weighted by Gasteiger charge is -2.06. The molecular formula is C24H18Cl2N2O2. The molecule has 2 N–H and O–H groups in total. The number of hydrogen-bond donors (Lipinski definition) is 2. The van der Waals surface area contributed by atoms with E-state index in [2.05, 4.69) is 10.6 Å². The van der Waals surface area contributed by atoms with Crippen molar-refractivity contribution in [2.75, 3.05) is 10.6 Å². The van der Waals surface area contributed by atoms with Gasteiger partial charge in [-0.3, -0.25) is 9.59 Å². The summed E-state index contributed by atoms with van der Waals surface area (Å²) < 4.78 is 0. The summed E-state index contributed by atoms with van der Waals surface area (Å²) in [5, 5.41) is 6.81. The first-order chi connectivity index (χ1) is 14.5. The van der Waals surface area contributed by atoms with E-state index in [1.807, 2.05) is 24.3 Å². The van der Waals surface area contributed by atoms with Crippen molar-refractivity contribution in [1.82, 2.24) is 0 Å². The minimum Gasteiger partial charge on any atom is -0.322 e. The number of halogens is 2. The Kier molecular flexibility index (Phi) is 7.44. The number of amides is 2. The molecule has 0 saturated heterocycles. The Morgan fingerprint density at radius 3 is 1.43 bits per heavy atom. The van der Waals surface area contributed by atoms with Gasteiger partial charge in [0.25, 0.3) is 0 Å². The lowest BCUT2D eigenvalue weighted by Crippen LogP contribution is -2.10. The third-order valence-corrected chi connectivity index (χ3v) is 4.50. The second-order valence-corrected chi connectivity index (χ2v) is 7.20. The average molecular weight is 437 g/mol. The molecule has 3 aromatic rings. The molecular weight excluding hydrogens is 419 g/mol. The second kappa shape index (κ2) is 10.4. The van der Waals surface area contributed by atoms with Crippen molar-refractivity contribution in [2.24, 2.45) is 0 Å². The summed E-state index contributed by atoms with van der Waals surface area (Å²) in [7, 11) is 0. The maximum absolute atomic E-state index is 12.1. The van der Waals surface area contributed by atoms with Crippen LogP contribution in [0.1, 0.15) is 11.1 Å². The van der Waals surface area contributed by atoms with Crippen molar-refractivity contribution in [3.8, 4) is 0 Å². The molecule has 2 amide bonds. The predicted octanol–water partition coefficient (Wildman–Crippen LogP) is 6.30. The van der Waals surface area contributed by atoms with Gasteiger partial charge in [0.1, 0.15) is 0 Å². The van der Waals surface area contributed by atoms with Crippen LogP contribution in [0.25, 0.3) is 12.2 Å². The van der Waals surface area contributed by atoms with Crippen LogP contribution in [0.4, 0.5) is 11.4 Å². The Balaban J connectivity index is 1.57. The van der Waals surface area contributed by atoms with Crippen molar-refractivity contribution < 1.29 is 9.59 Å². The molecule has 0 heterocycles. The maximum atomic E-state index is 12.1. The number of carbonyl (C=O) groups excluding carboxylic acids is 2. The van der Waals surface area contributed by atoms with E-state index in [9.17, 15) is 9.59 Å². The van der Waals surface area contributed by atoms with Crippen molar-refractivity contribution >= 4 is 58.5 Å². The van der Waals surface area contributed by atoms with Crippen LogP contribution in [-0.4, -0.2) is 11.8 Å². The average Bonchev–Trinajstić information content (AvgIpc) is 2.73. The smallest absolute Gasteiger partial charge is 0.248 e. The summed E-state index contributed by atoms with van der Waals surface area (Å²) in [6.07, 6.45) is 6.25. The van der Waals surface area contributed by atoms with E-state index < -0.39 is 0 Å². The highest BCUT2D eigenvalue weighted by molar-refractivity contribution is 6.30. The fourth-order valence-electron chi connectivity index (χ4n) is 2.53. The van der Waals surface area contributed by atoms with Gasteiger partial charge >= 0.3 is 0 Å². The highest BCUT2D eigenvalue weighted by atomic mass is 35.5. The molecule has 0 unspecified atom stereocenters. The molecule has 6 heteroatoms. The number of benzene rings is 3. The first-order valence-corrected chi connectivity index (χ1v) is 9.83. The molecule has 0 aliphatic carbocycles. The molecule has 0 atom stereocenters. The van der Waals surface area contributed by atoms with Crippen LogP contribution in [-0.2, 0) is 9.59 Å². The van der Waals surface area contributed by atoms with Crippen LogP contribution in [0.3, 0.4) is 0 Å². The molecule has 0 radical (unpaired) electrons. The van der Waals surface area contributed by atoms with Gasteiger partial charge in [0.15, 0.2) is 0 Å². The largest absolute Gasteiger partial charge is 0.322 e. The second-order valence-electron chi connectivity index (χ2n) is 6.33. The molecule has 0 aromatic heterocycles. The third kappa shape index (κ3) is 6.92. The molecule has 30 heavy (non-hydrogen) atoms. The van der Waals surface area contributed by atoms with E-state index in [4.69, 9.17) is 23.2 Å². The van der Waals surface area contributed by atoms with Gasteiger partial charge in [-0.2, -0.15) is 0 Å². The van der Waals surface area contributed by atoms with Crippen LogP contribution in [0, 0.1) is 0 Å². The summed E-state index contributed by atoms with van der Waals surface area (Å²) >= 11 is 11.7. The van der Waals surface area contributed by atoms with E-state index in [0.29, 0.717) is 21.4 Å². The molecule has 0 saturated carbocycles. The predicted molar refractivity (Wildman–Crippen MR) is 125 cm³/mol. The number of nitrogens with one attached hydrogen (secondary N) is 2. The summed E-state index contributed by atoms with van der Waals surface area (Å²) in [5.74, 6) is -0.563. The maximum Gasteiger partial charge on any atom is 0.248 e. The molecule has 0 spiro atoms. The Hall–Kier alpha value is -3.34. The van der Waals surface area contributed by atoms with Crippen LogP contribution in [0.2, 0.25) is 10.0 Å². The van der Waals surface area contributed by atoms with E-state index in [1.54, 1.807) is 60.7 Å². The lowest BCUT2D eigenvalue weighted by atomic mass is 10.2. The molecule has 0 aliphatic heterocycles. The fraction of sp³-hybridized carbons (Fsp3) is 0. The zero-order valence-electron chi connectivity index (χ0n) is 15.8. The van der Waals surface area contributed by atoms with Gasteiger partial charge in [0.05, 0.1) is 0 Å². The fourth-order valence-corrected chi connectivity index (χ4v) is 2.79. The normalized spacial score (nSPS) is 11.0. The summed E-state index contributed by atoms with van der Waals surface area (Å²) in [4.78, 5) is 24.3. The van der Waals surface area contributed by atoms with E-state index in [1.165, 1.54) is 12.2 Å². The molecule has 4 nitrogen and oxygen atoms in total. The standard InChI is InChI=1S/C24H18Cl2N2O2/c25-19-10-4-17(5-11-19)8-14-23(29)27-21-2-1-3-22(16-21)28-24(30)15-9-18-6-12-20(26)13-7-18/h1-16H,(H,27,29)(H,28,30)/b14-8+,15-9+. The van der Waals surface area contributed by atoms with Crippen molar-refractivity contribution in [3.05, 3.63) is 106 Å². The summed E-state index contributed by atoms with van der Waals surface area (Å²) in [6.45, 7) is 0. The van der Waals surface area contributed by atoms with Crippen LogP contribution < -0.4 is 10.6 Å². The Morgan fingerprint density at radius 2 is 1.03 bits per heavy atom. The van der Waals surface area contributed by atoms with Gasteiger partial charge in [-0.05, 0) is 65.7 Å². The molecule has 0 fully saturated rings. The van der Waals surface area contributed by atoms with Crippen LogP contribution in [0.15, 0.2) is 84.9 Å². The molecule has 3 aromatic carbocycles. The quantitative estimate of drug-likeness (QED) is 0.445. The van der Waals surface area contributed by atoms with Crippen molar-refractivity contribution in [2.45, 2.75) is 0 Å². The molecule has 150 valence electrons. The van der Waals surface area contributed by atoms with Crippen LogP contribution >= 0.6 is 23.2 Å². The number of rotatable bonds is 6. The Bertz CT molecular complexity index is 1000. The minimum absolute atomic E-state index is 0.281. The van der Waals surface area contributed by atoms with Gasteiger partial charge in [-0.1, -0.05) is 53.5 Å². The van der Waals surface area contributed by atoms with E-state index >= 15 is 0 Å². The van der Waals surface area contributed by atoms with E-state index in [-0.39, 0.29) is 11.8 Å². The monoisotopic (exact) mass is 436 g/mol. The van der Waals surface area contributed by atoms with Gasteiger partial charge in [0, 0.05) is 33.6 Å². The third-order valence-electron chi connectivity index (χ3n) is 3.99. The lowest BCUT2D eigenvalue weighted by molar-refractivity contribution is -0.112. The number of hydrogen-bond acceptors (Lipinski definition) is 2. The topological polar surface area (TPSA) is 58.2 Å². The molecule has 3 rings (SSSR count). The first-order valence-electron chi connectivity index (χ1n) is 9.07. The Labute approximate surface area is 184 Å². The van der Waals surface area contributed by atoms with Crippen LogP contribution in [0.5, 0.6) is 0 Å². The van der Waals surface area contributed by atoms with E-state index in [0.717, 1.165) is 11.1 Å². The van der Waals surface area contributed by atoms with Gasteiger partial charge in [0.2, 0.25) is 11.8 Å². The number of anilines is 2.